The second-order valence-corrected chi connectivity index (χ2v) is 9.66. The Labute approximate surface area is 195 Å². The van der Waals surface area contributed by atoms with Crippen LogP contribution in [0.3, 0.4) is 0 Å². The van der Waals surface area contributed by atoms with Gasteiger partial charge in [-0.25, -0.2) is 18.1 Å². The zero-order chi connectivity index (χ0) is 23.9. The largest absolute Gasteiger partial charge is 0.454 e. The molecule has 0 saturated carbocycles. The summed E-state index contributed by atoms with van der Waals surface area (Å²) in [6, 6.07) is 12.4. The average molecular weight is 480 g/mol. The van der Waals surface area contributed by atoms with Gasteiger partial charge in [0.2, 0.25) is 6.79 Å². The molecular formula is C23H21N5O5S. The maximum Gasteiger partial charge on any atom is 0.261 e. The zero-order valence-corrected chi connectivity index (χ0v) is 19.2. The standard InChI is InChI=1S/C23H21N5O5S/c1-14(2)28-22-16(11-25-28)8-18(12-24-22)26-23(29)15-4-3-5-19(9-15)34(30,31)27-17-6-7-20-21(10-17)33-13-32-20/h3-12,14,27H,13H2,1-2H3,(H,26,29). The van der Waals surface area contributed by atoms with E-state index in [1.165, 1.54) is 24.3 Å². The number of ether oxygens (including phenoxy) is 2. The summed E-state index contributed by atoms with van der Waals surface area (Å²) in [7, 11) is -3.94. The predicted octanol–water partition coefficient (Wildman–Crippen LogP) is 3.79. The molecular weight excluding hydrogens is 458 g/mol. The maximum atomic E-state index is 12.9. The maximum absolute atomic E-state index is 12.9. The Morgan fingerprint density at radius 2 is 1.85 bits per heavy atom. The molecule has 0 unspecified atom stereocenters. The Morgan fingerprint density at radius 3 is 2.68 bits per heavy atom. The molecule has 3 heterocycles. The first kappa shape index (κ1) is 21.7. The van der Waals surface area contributed by atoms with Gasteiger partial charge in [-0.3, -0.25) is 9.52 Å². The van der Waals surface area contributed by atoms with E-state index in [9.17, 15) is 13.2 Å². The fourth-order valence-electron chi connectivity index (χ4n) is 3.57. The van der Waals surface area contributed by atoms with E-state index >= 15 is 0 Å². The van der Waals surface area contributed by atoms with Gasteiger partial charge in [-0.15, -0.1) is 0 Å². The molecule has 0 atom stereocenters. The van der Waals surface area contributed by atoms with Crippen LogP contribution in [0.15, 0.2) is 65.8 Å². The first-order chi connectivity index (χ1) is 16.3. The van der Waals surface area contributed by atoms with Crippen LogP contribution >= 0.6 is 0 Å². The van der Waals surface area contributed by atoms with Gasteiger partial charge < -0.3 is 14.8 Å². The molecule has 0 saturated heterocycles. The molecule has 1 aliphatic heterocycles. The normalized spacial score (nSPS) is 12.8. The van der Waals surface area contributed by atoms with Crippen molar-refractivity contribution in [2.75, 3.05) is 16.8 Å². The van der Waals surface area contributed by atoms with Gasteiger partial charge in [-0.2, -0.15) is 5.10 Å². The van der Waals surface area contributed by atoms with Crippen molar-refractivity contribution in [2.45, 2.75) is 24.8 Å². The molecule has 0 bridgehead atoms. The Morgan fingerprint density at radius 1 is 1.03 bits per heavy atom. The molecule has 0 fully saturated rings. The van der Waals surface area contributed by atoms with E-state index in [1.807, 2.05) is 13.8 Å². The van der Waals surface area contributed by atoms with Crippen LogP contribution in [-0.2, 0) is 10.0 Å². The van der Waals surface area contributed by atoms with Gasteiger partial charge in [0.15, 0.2) is 17.1 Å². The molecule has 2 aromatic carbocycles. The van der Waals surface area contributed by atoms with E-state index in [2.05, 4.69) is 20.1 Å². The van der Waals surface area contributed by atoms with E-state index < -0.39 is 15.9 Å². The van der Waals surface area contributed by atoms with Crippen LogP contribution in [0.5, 0.6) is 11.5 Å². The zero-order valence-electron chi connectivity index (χ0n) is 18.3. The first-order valence-electron chi connectivity index (χ1n) is 10.5. The SMILES string of the molecule is CC(C)n1ncc2cc(NC(=O)c3cccc(S(=O)(=O)Nc4ccc5c(c4)OCO5)c3)cnc21. The second kappa shape index (κ2) is 8.34. The van der Waals surface area contributed by atoms with Crippen LogP contribution in [0.1, 0.15) is 30.2 Å². The highest BCUT2D eigenvalue weighted by atomic mass is 32.2. The van der Waals surface area contributed by atoms with Crippen LogP contribution in [-0.4, -0.2) is 35.9 Å². The first-order valence-corrected chi connectivity index (χ1v) is 12.0. The number of carbonyl (C=O) groups is 1. The average Bonchev–Trinajstić information content (AvgIpc) is 3.45. The van der Waals surface area contributed by atoms with Gasteiger partial charge in [0, 0.05) is 23.1 Å². The van der Waals surface area contributed by atoms with E-state index in [1.54, 1.807) is 41.3 Å². The van der Waals surface area contributed by atoms with Crippen molar-refractivity contribution in [2.24, 2.45) is 0 Å². The topological polar surface area (TPSA) is 124 Å². The lowest BCUT2D eigenvalue weighted by Gasteiger charge is -2.11. The van der Waals surface area contributed by atoms with Crippen molar-refractivity contribution in [3.8, 4) is 11.5 Å². The summed E-state index contributed by atoms with van der Waals surface area (Å²) in [6.07, 6.45) is 3.23. The van der Waals surface area contributed by atoms with E-state index in [4.69, 9.17) is 9.47 Å². The molecule has 0 radical (unpaired) electrons. The van der Waals surface area contributed by atoms with Crippen LogP contribution in [0.25, 0.3) is 11.0 Å². The number of rotatable bonds is 6. The molecule has 4 aromatic rings. The van der Waals surface area contributed by atoms with Crippen molar-refractivity contribution in [1.82, 2.24) is 14.8 Å². The third-order valence-corrected chi connectivity index (χ3v) is 6.59. The Balaban J connectivity index is 1.35. The van der Waals surface area contributed by atoms with Crippen molar-refractivity contribution in [3.05, 3.63) is 66.5 Å². The number of sulfonamides is 1. The number of amides is 1. The third kappa shape index (κ3) is 4.13. The molecule has 1 aliphatic rings. The van der Waals surface area contributed by atoms with Crippen molar-refractivity contribution in [1.29, 1.82) is 0 Å². The molecule has 1 amide bonds. The number of hydrogen-bond donors (Lipinski definition) is 2. The number of anilines is 2. The fourth-order valence-corrected chi connectivity index (χ4v) is 4.66. The summed E-state index contributed by atoms with van der Waals surface area (Å²) in [5.41, 5.74) is 1.70. The number of nitrogens with one attached hydrogen (secondary N) is 2. The van der Waals surface area contributed by atoms with Gasteiger partial charge in [0.05, 0.1) is 28.7 Å². The minimum absolute atomic E-state index is 0.0513. The number of aromatic nitrogens is 3. The number of carbonyl (C=O) groups excluding carboxylic acids is 1. The van der Waals surface area contributed by atoms with Gasteiger partial charge >= 0.3 is 0 Å². The van der Waals surface area contributed by atoms with Gasteiger partial charge in [0.1, 0.15) is 0 Å². The lowest BCUT2D eigenvalue weighted by Crippen LogP contribution is -2.16. The quantitative estimate of drug-likeness (QED) is 0.431. The van der Waals surface area contributed by atoms with Gasteiger partial charge in [-0.1, -0.05) is 6.07 Å². The van der Waals surface area contributed by atoms with Gasteiger partial charge in [-0.05, 0) is 50.2 Å². The van der Waals surface area contributed by atoms with Gasteiger partial charge in [0.25, 0.3) is 15.9 Å². The summed E-state index contributed by atoms with van der Waals surface area (Å²) in [5.74, 6) is 0.543. The Bertz CT molecular complexity index is 1510. The highest BCUT2D eigenvalue weighted by Crippen LogP contribution is 2.34. The summed E-state index contributed by atoms with van der Waals surface area (Å²) in [4.78, 5) is 17.2. The highest BCUT2D eigenvalue weighted by molar-refractivity contribution is 7.92. The summed E-state index contributed by atoms with van der Waals surface area (Å²) in [6.45, 7) is 4.10. The van der Waals surface area contributed by atoms with Crippen LogP contribution in [0.2, 0.25) is 0 Å². The summed E-state index contributed by atoms with van der Waals surface area (Å²) >= 11 is 0. The van der Waals surface area contributed by atoms with Crippen molar-refractivity contribution < 1.29 is 22.7 Å². The molecule has 2 N–H and O–H groups in total. The monoisotopic (exact) mass is 479 g/mol. The Hall–Kier alpha value is -4.12. The molecule has 5 rings (SSSR count). The van der Waals surface area contributed by atoms with Crippen LogP contribution in [0, 0.1) is 0 Å². The minimum atomic E-state index is -3.94. The molecule has 0 aliphatic carbocycles. The number of hydrogen-bond acceptors (Lipinski definition) is 7. The second-order valence-electron chi connectivity index (χ2n) is 7.98. The number of nitrogens with zero attached hydrogens (tertiary/aromatic N) is 3. The highest BCUT2D eigenvalue weighted by Gasteiger charge is 2.19. The Kier molecular flexibility index (Phi) is 5.33. The molecule has 10 nitrogen and oxygen atoms in total. The lowest BCUT2D eigenvalue weighted by atomic mass is 10.2. The molecule has 2 aromatic heterocycles. The smallest absolute Gasteiger partial charge is 0.261 e. The predicted molar refractivity (Wildman–Crippen MR) is 126 cm³/mol. The summed E-state index contributed by atoms with van der Waals surface area (Å²) < 4.78 is 40.6. The number of pyridine rings is 1. The van der Waals surface area contributed by atoms with E-state index in [0.717, 1.165) is 11.0 Å². The van der Waals surface area contributed by atoms with Crippen molar-refractivity contribution >= 4 is 38.3 Å². The summed E-state index contributed by atoms with van der Waals surface area (Å²) in [5, 5.41) is 7.87. The van der Waals surface area contributed by atoms with Crippen molar-refractivity contribution in [3.63, 3.8) is 0 Å². The van der Waals surface area contributed by atoms with Crippen LogP contribution in [0.4, 0.5) is 11.4 Å². The molecule has 0 spiro atoms. The number of benzene rings is 2. The number of fused-ring (bicyclic) bond motifs is 2. The van der Waals surface area contributed by atoms with Crippen LogP contribution < -0.4 is 19.5 Å². The lowest BCUT2D eigenvalue weighted by molar-refractivity contribution is 0.102. The third-order valence-electron chi connectivity index (χ3n) is 5.21. The minimum Gasteiger partial charge on any atom is -0.454 e. The molecule has 34 heavy (non-hydrogen) atoms. The van der Waals surface area contributed by atoms with E-state index in [0.29, 0.717) is 22.9 Å². The van der Waals surface area contributed by atoms with E-state index in [-0.39, 0.29) is 23.3 Å². The molecule has 11 heteroatoms. The molecule has 174 valence electrons. The fraction of sp³-hybridized carbons (Fsp3) is 0.174.